The minimum absolute atomic E-state index is 0.0955. The Kier molecular flexibility index (Phi) is 7.17. The van der Waals surface area contributed by atoms with Crippen LogP contribution in [0.3, 0.4) is 0 Å². The second-order valence-electron chi connectivity index (χ2n) is 15.4. The van der Waals surface area contributed by atoms with Crippen molar-refractivity contribution in [1.82, 2.24) is 0 Å². The third-order valence-corrected chi connectivity index (χ3v) is 13.3. The fourth-order valence-corrected chi connectivity index (χ4v) is 10.4. The van der Waals surface area contributed by atoms with Gasteiger partial charge in [0.1, 0.15) is 0 Å². The minimum Gasteiger partial charge on any atom is -0.310 e. The lowest BCUT2D eigenvalue weighted by molar-refractivity contribution is 0.674. The molecule has 0 unspecified atom stereocenters. The van der Waals surface area contributed by atoms with Crippen LogP contribution in [0, 0.1) is 0 Å². The van der Waals surface area contributed by atoms with Crippen molar-refractivity contribution in [1.29, 1.82) is 0 Å². The standard InChI is InChI=1S/C52H38N2S/c1-52(2)45-33-41(28-29-43(45)50-44-19-9-11-22-49(44)55-51(50)52)53(48-21-12-15-35-13-6-8-18-42(35)48)40-26-23-34(24-27-40)36-25-30-47-38(31-36)32-37-14-7-10-20-46(37)54(47)39-16-4-3-5-17-39/h3-31,33H,32H2,1-2H3. The summed E-state index contributed by atoms with van der Waals surface area (Å²) in [6.07, 6.45) is 0.909. The number of benzene rings is 8. The minimum atomic E-state index is -0.0955. The summed E-state index contributed by atoms with van der Waals surface area (Å²) in [7, 11) is 0. The van der Waals surface area contributed by atoms with Gasteiger partial charge < -0.3 is 9.80 Å². The van der Waals surface area contributed by atoms with Crippen molar-refractivity contribution in [2.24, 2.45) is 0 Å². The molecule has 1 aliphatic heterocycles. The molecule has 2 aliphatic rings. The molecule has 1 aliphatic carbocycles. The van der Waals surface area contributed by atoms with Crippen LogP contribution in [0.5, 0.6) is 0 Å². The normalized spacial score (nSPS) is 13.7. The van der Waals surface area contributed by atoms with Crippen molar-refractivity contribution >= 4 is 66.3 Å². The number of rotatable bonds is 5. The quantitative estimate of drug-likeness (QED) is 0.175. The number of fused-ring (bicyclic) bond motifs is 8. The Morgan fingerprint density at radius 2 is 1.24 bits per heavy atom. The third-order valence-electron chi connectivity index (χ3n) is 11.8. The van der Waals surface area contributed by atoms with Crippen molar-refractivity contribution in [2.45, 2.75) is 25.7 Å². The highest BCUT2D eigenvalue weighted by Crippen LogP contribution is 2.56. The summed E-state index contributed by atoms with van der Waals surface area (Å²) in [5, 5.41) is 3.83. The van der Waals surface area contributed by atoms with E-state index in [1.165, 1.54) is 93.1 Å². The van der Waals surface area contributed by atoms with Gasteiger partial charge in [0, 0.05) is 66.2 Å². The summed E-state index contributed by atoms with van der Waals surface area (Å²) >= 11 is 1.95. The van der Waals surface area contributed by atoms with Crippen LogP contribution in [0.15, 0.2) is 182 Å². The van der Waals surface area contributed by atoms with E-state index in [2.05, 4.69) is 206 Å². The van der Waals surface area contributed by atoms with Crippen molar-refractivity contribution in [3.63, 3.8) is 0 Å². The van der Waals surface area contributed by atoms with Crippen LogP contribution in [-0.4, -0.2) is 0 Å². The van der Waals surface area contributed by atoms with Gasteiger partial charge in [-0.15, -0.1) is 11.3 Å². The van der Waals surface area contributed by atoms with Crippen molar-refractivity contribution < 1.29 is 0 Å². The van der Waals surface area contributed by atoms with Gasteiger partial charge in [0.2, 0.25) is 0 Å². The number of hydrogen-bond donors (Lipinski definition) is 0. The highest BCUT2D eigenvalue weighted by molar-refractivity contribution is 7.20. The van der Waals surface area contributed by atoms with Crippen molar-refractivity contribution in [3.8, 4) is 22.3 Å². The molecule has 0 fully saturated rings. The first-order valence-electron chi connectivity index (χ1n) is 19.1. The topological polar surface area (TPSA) is 6.48 Å². The first-order chi connectivity index (χ1) is 27.0. The fraction of sp³-hybridized carbons (Fsp3) is 0.0769. The molecule has 11 rings (SSSR count). The maximum Gasteiger partial charge on any atom is 0.0540 e. The molecule has 262 valence electrons. The fourth-order valence-electron chi connectivity index (χ4n) is 9.11. The van der Waals surface area contributed by atoms with E-state index in [1.54, 1.807) is 0 Å². The van der Waals surface area contributed by atoms with E-state index in [-0.39, 0.29) is 5.41 Å². The van der Waals surface area contributed by atoms with Crippen LogP contribution < -0.4 is 9.80 Å². The van der Waals surface area contributed by atoms with E-state index >= 15 is 0 Å². The first-order valence-corrected chi connectivity index (χ1v) is 20.0. The molecule has 8 aromatic carbocycles. The third kappa shape index (κ3) is 5.00. The molecule has 9 aromatic rings. The van der Waals surface area contributed by atoms with E-state index in [0.717, 1.165) is 12.1 Å². The molecule has 0 spiro atoms. The Morgan fingerprint density at radius 3 is 2.11 bits per heavy atom. The summed E-state index contributed by atoms with van der Waals surface area (Å²) in [5.41, 5.74) is 16.3. The van der Waals surface area contributed by atoms with Gasteiger partial charge in [-0.25, -0.2) is 0 Å². The van der Waals surface area contributed by atoms with Crippen LogP contribution in [0.1, 0.15) is 35.4 Å². The summed E-state index contributed by atoms with van der Waals surface area (Å²) < 4.78 is 1.37. The van der Waals surface area contributed by atoms with Gasteiger partial charge in [-0.2, -0.15) is 0 Å². The Morgan fingerprint density at radius 1 is 0.545 bits per heavy atom. The second-order valence-corrected chi connectivity index (χ2v) is 16.4. The highest BCUT2D eigenvalue weighted by Gasteiger charge is 2.39. The number of nitrogens with zero attached hydrogens (tertiary/aromatic N) is 2. The molecule has 2 nitrogen and oxygen atoms in total. The lowest BCUT2D eigenvalue weighted by Crippen LogP contribution is -2.18. The number of anilines is 6. The first kappa shape index (κ1) is 32.0. The largest absolute Gasteiger partial charge is 0.310 e. The Bertz CT molecular complexity index is 2930. The molecule has 0 atom stereocenters. The molecule has 0 amide bonds. The summed E-state index contributed by atoms with van der Waals surface area (Å²) in [6, 6.07) is 67.1. The maximum atomic E-state index is 2.45. The van der Waals surface area contributed by atoms with Gasteiger partial charge >= 0.3 is 0 Å². The van der Waals surface area contributed by atoms with Gasteiger partial charge in [-0.1, -0.05) is 129 Å². The summed E-state index contributed by atoms with van der Waals surface area (Å²) in [6.45, 7) is 4.79. The van der Waals surface area contributed by atoms with Crippen molar-refractivity contribution in [3.05, 3.63) is 204 Å². The predicted octanol–water partition coefficient (Wildman–Crippen LogP) is 14.9. The molecule has 0 bridgehead atoms. The molecular formula is C52H38N2S. The van der Waals surface area contributed by atoms with Gasteiger partial charge in [0.25, 0.3) is 0 Å². The van der Waals surface area contributed by atoms with E-state index in [0.29, 0.717) is 0 Å². The maximum absolute atomic E-state index is 2.45. The molecule has 0 saturated heterocycles. The van der Waals surface area contributed by atoms with E-state index in [4.69, 9.17) is 0 Å². The molecule has 0 saturated carbocycles. The Labute approximate surface area is 326 Å². The molecule has 0 radical (unpaired) electrons. The van der Waals surface area contributed by atoms with Crippen molar-refractivity contribution in [2.75, 3.05) is 9.80 Å². The SMILES string of the molecule is CC1(C)c2cc(N(c3ccc(-c4ccc5c(c4)Cc4ccccc4N5c4ccccc4)cc3)c3cccc4ccccc34)ccc2-c2c1sc1ccccc21. The number of hydrogen-bond acceptors (Lipinski definition) is 3. The summed E-state index contributed by atoms with van der Waals surface area (Å²) in [4.78, 5) is 6.32. The lowest BCUT2D eigenvalue weighted by atomic mass is 9.86. The summed E-state index contributed by atoms with van der Waals surface area (Å²) in [5.74, 6) is 0. The number of para-hydroxylation sites is 2. The molecule has 55 heavy (non-hydrogen) atoms. The predicted molar refractivity (Wildman–Crippen MR) is 235 cm³/mol. The average Bonchev–Trinajstić information content (AvgIpc) is 3.73. The zero-order chi connectivity index (χ0) is 36.7. The van der Waals surface area contributed by atoms with Crippen LogP contribution >= 0.6 is 11.3 Å². The van der Waals surface area contributed by atoms with E-state index in [9.17, 15) is 0 Å². The zero-order valence-electron chi connectivity index (χ0n) is 30.8. The molecule has 0 N–H and O–H groups in total. The Balaban J connectivity index is 1.01. The van der Waals surface area contributed by atoms with Crippen LogP contribution in [0.25, 0.3) is 43.1 Å². The lowest BCUT2D eigenvalue weighted by Gasteiger charge is -2.33. The second kappa shape index (κ2) is 12.3. The van der Waals surface area contributed by atoms with Gasteiger partial charge in [-0.05, 0) is 105 Å². The van der Waals surface area contributed by atoms with Gasteiger partial charge in [-0.3, -0.25) is 0 Å². The Hall–Kier alpha value is -6.42. The van der Waals surface area contributed by atoms with Gasteiger partial charge in [0.05, 0.1) is 5.69 Å². The van der Waals surface area contributed by atoms with E-state index in [1.807, 2.05) is 11.3 Å². The monoisotopic (exact) mass is 722 g/mol. The van der Waals surface area contributed by atoms with Gasteiger partial charge in [0.15, 0.2) is 0 Å². The molecule has 1 aromatic heterocycles. The zero-order valence-corrected chi connectivity index (χ0v) is 31.6. The van der Waals surface area contributed by atoms with E-state index < -0.39 is 0 Å². The molecular weight excluding hydrogens is 685 g/mol. The van der Waals surface area contributed by atoms with Crippen LogP contribution in [-0.2, 0) is 11.8 Å². The average molecular weight is 723 g/mol. The van der Waals surface area contributed by atoms with Crippen LogP contribution in [0.2, 0.25) is 0 Å². The smallest absolute Gasteiger partial charge is 0.0540 e. The highest BCUT2D eigenvalue weighted by atomic mass is 32.1. The molecule has 3 heteroatoms. The molecule has 2 heterocycles. The number of thiophene rings is 1. The van der Waals surface area contributed by atoms with Crippen LogP contribution in [0.4, 0.5) is 34.1 Å².